The molecule has 1 aromatic carbocycles. The van der Waals surface area contributed by atoms with E-state index in [1.807, 2.05) is 19.1 Å². The summed E-state index contributed by atoms with van der Waals surface area (Å²) in [5.41, 5.74) is 6.87. The third-order valence-electron chi connectivity index (χ3n) is 3.31. The van der Waals surface area contributed by atoms with Gasteiger partial charge in [-0.1, -0.05) is 15.9 Å². The molecule has 6 heteroatoms. The first kappa shape index (κ1) is 16.5. The Balaban J connectivity index is 3.33. The molecule has 0 amide bonds. The fourth-order valence-corrected chi connectivity index (χ4v) is 2.62. The van der Waals surface area contributed by atoms with E-state index in [0.29, 0.717) is 17.9 Å². The van der Waals surface area contributed by atoms with Crippen molar-refractivity contribution in [1.82, 2.24) is 0 Å². The molecular weight excluding hydrogens is 330 g/mol. The summed E-state index contributed by atoms with van der Waals surface area (Å²) in [6, 6.07) is 4.78. The quantitative estimate of drug-likeness (QED) is 0.886. The van der Waals surface area contributed by atoms with Gasteiger partial charge in [0.05, 0.1) is 17.4 Å². The Bertz CT molecular complexity index is 555. The van der Waals surface area contributed by atoms with Crippen LogP contribution < -0.4 is 10.5 Å². The third-order valence-corrected chi connectivity index (χ3v) is 5.97. The van der Waals surface area contributed by atoms with Gasteiger partial charge in [0.25, 0.3) is 0 Å². The van der Waals surface area contributed by atoms with Gasteiger partial charge in [-0.15, -0.1) is 0 Å². The van der Waals surface area contributed by atoms with E-state index >= 15 is 0 Å². The highest BCUT2D eigenvalue weighted by molar-refractivity contribution is 9.10. The summed E-state index contributed by atoms with van der Waals surface area (Å²) < 4.78 is 29.1. The highest BCUT2D eigenvalue weighted by Crippen LogP contribution is 2.36. The molecule has 0 heterocycles. The number of rotatable bonds is 5. The Morgan fingerprint density at radius 1 is 1.42 bits per heavy atom. The molecule has 0 saturated carbocycles. The molecule has 0 aromatic heterocycles. The first-order valence-electron chi connectivity index (χ1n) is 5.98. The van der Waals surface area contributed by atoms with Gasteiger partial charge in [-0.05, 0) is 39.0 Å². The fraction of sp³-hybridized carbons (Fsp3) is 0.538. The van der Waals surface area contributed by atoms with Crippen LogP contribution in [0.3, 0.4) is 0 Å². The highest BCUT2D eigenvalue weighted by Gasteiger charge is 2.39. The molecule has 0 radical (unpaired) electrons. The van der Waals surface area contributed by atoms with Crippen LogP contribution in [0.2, 0.25) is 0 Å². The van der Waals surface area contributed by atoms with Crippen LogP contribution in [-0.2, 0) is 9.84 Å². The van der Waals surface area contributed by atoms with Crippen molar-refractivity contribution in [3.05, 3.63) is 28.2 Å². The van der Waals surface area contributed by atoms with Crippen molar-refractivity contribution < 1.29 is 13.2 Å². The molecule has 108 valence electrons. The van der Waals surface area contributed by atoms with Gasteiger partial charge in [-0.25, -0.2) is 8.42 Å². The maximum atomic E-state index is 11.9. The molecule has 0 bridgehead atoms. The molecule has 1 unspecified atom stereocenters. The minimum absolute atomic E-state index is 0.501. The first-order chi connectivity index (χ1) is 8.61. The molecule has 0 aliphatic carbocycles. The lowest BCUT2D eigenvalue weighted by Gasteiger charge is -2.31. The van der Waals surface area contributed by atoms with Crippen molar-refractivity contribution in [1.29, 1.82) is 0 Å². The molecule has 19 heavy (non-hydrogen) atoms. The Morgan fingerprint density at radius 2 is 2.00 bits per heavy atom. The topological polar surface area (TPSA) is 69.4 Å². The van der Waals surface area contributed by atoms with Crippen molar-refractivity contribution in [2.75, 3.05) is 12.9 Å². The van der Waals surface area contributed by atoms with E-state index in [1.54, 1.807) is 19.9 Å². The van der Waals surface area contributed by atoms with Crippen molar-refractivity contribution >= 4 is 25.8 Å². The summed E-state index contributed by atoms with van der Waals surface area (Å²) in [6.45, 7) is 5.63. The summed E-state index contributed by atoms with van der Waals surface area (Å²) in [4.78, 5) is 0. The van der Waals surface area contributed by atoms with Crippen LogP contribution >= 0.6 is 15.9 Å². The van der Waals surface area contributed by atoms with E-state index in [-0.39, 0.29) is 0 Å². The van der Waals surface area contributed by atoms with Gasteiger partial charge in [0.1, 0.15) is 5.75 Å². The average Bonchev–Trinajstić information content (AvgIpc) is 2.29. The molecule has 1 atom stereocenters. The van der Waals surface area contributed by atoms with E-state index in [1.165, 1.54) is 6.26 Å². The molecule has 0 aliphatic heterocycles. The third kappa shape index (κ3) is 3.49. The monoisotopic (exact) mass is 349 g/mol. The number of nitrogens with two attached hydrogens (primary N) is 1. The molecule has 4 nitrogen and oxygen atoms in total. The number of ether oxygens (including phenoxy) is 1. The number of benzene rings is 1. The predicted molar refractivity (Wildman–Crippen MR) is 81.2 cm³/mol. The Morgan fingerprint density at radius 3 is 2.47 bits per heavy atom. The second-order valence-electron chi connectivity index (χ2n) is 4.97. The van der Waals surface area contributed by atoms with Gasteiger partial charge in [0.15, 0.2) is 9.84 Å². The normalized spacial score (nSPS) is 14.2. The second kappa shape index (κ2) is 5.81. The van der Waals surface area contributed by atoms with Crippen LogP contribution in [-0.4, -0.2) is 26.0 Å². The zero-order valence-electron chi connectivity index (χ0n) is 11.6. The molecule has 1 rings (SSSR count). The summed E-state index contributed by atoms with van der Waals surface area (Å²) in [7, 11) is -3.29. The maximum Gasteiger partial charge on any atom is 0.154 e. The molecular formula is C13H20BrNO3S. The van der Waals surface area contributed by atoms with Gasteiger partial charge in [-0.3, -0.25) is 0 Å². The number of sulfone groups is 1. The molecule has 0 saturated heterocycles. The van der Waals surface area contributed by atoms with Crippen LogP contribution in [0.5, 0.6) is 5.75 Å². The molecule has 2 N–H and O–H groups in total. The van der Waals surface area contributed by atoms with Crippen LogP contribution in [0.4, 0.5) is 0 Å². The largest absolute Gasteiger partial charge is 0.494 e. The lowest BCUT2D eigenvalue weighted by molar-refractivity contribution is 0.331. The Kier molecular flexibility index (Phi) is 5.03. The average molecular weight is 350 g/mol. The van der Waals surface area contributed by atoms with E-state index in [2.05, 4.69) is 15.9 Å². The van der Waals surface area contributed by atoms with E-state index in [9.17, 15) is 8.42 Å². The molecule has 1 aromatic rings. The smallest absolute Gasteiger partial charge is 0.154 e. The van der Waals surface area contributed by atoms with Crippen LogP contribution in [0.1, 0.15) is 32.4 Å². The second-order valence-corrected chi connectivity index (χ2v) is 8.48. The van der Waals surface area contributed by atoms with Crippen molar-refractivity contribution in [2.24, 2.45) is 5.73 Å². The molecule has 0 spiro atoms. The van der Waals surface area contributed by atoms with Crippen LogP contribution in [0.15, 0.2) is 22.7 Å². The standard InChI is InChI=1S/C13H20BrNO3S/c1-5-18-11-7-6-9(14)8-10(11)12(15)13(2,3)19(4,16)17/h6-8,12H,5,15H2,1-4H3. The highest BCUT2D eigenvalue weighted by atomic mass is 79.9. The predicted octanol–water partition coefficient (Wildman–Crippen LogP) is 2.67. The van der Waals surface area contributed by atoms with Gasteiger partial charge in [0.2, 0.25) is 0 Å². The van der Waals surface area contributed by atoms with Gasteiger partial charge in [-0.2, -0.15) is 0 Å². The van der Waals surface area contributed by atoms with Crippen molar-refractivity contribution in [3.8, 4) is 5.75 Å². The summed E-state index contributed by atoms with van der Waals surface area (Å²) in [5, 5.41) is 0. The lowest BCUT2D eigenvalue weighted by atomic mass is 9.95. The van der Waals surface area contributed by atoms with Gasteiger partial charge >= 0.3 is 0 Å². The summed E-state index contributed by atoms with van der Waals surface area (Å²) in [5.74, 6) is 0.620. The fourth-order valence-electron chi connectivity index (χ4n) is 1.65. The van der Waals surface area contributed by atoms with E-state index in [4.69, 9.17) is 10.5 Å². The number of hydrogen-bond acceptors (Lipinski definition) is 4. The minimum atomic E-state index is -3.29. The van der Waals surface area contributed by atoms with Gasteiger partial charge in [0, 0.05) is 16.3 Å². The van der Waals surface area contributed by atoms with E-state index < -0.39 is 20.6 Å². The van der Waals surface area contributed by atoms with Crippen molar-refractivity contribution in [2.45, 2.75) is 31.6 Å². The van der Waals surface area contributed by atoms with Crippen LogP contribution in [0.25, 0.3) is 0 Å². The SMILES string of the molecule is CCOc1ccc(Br)cc1C(N)C(C)(C)S(C)(=O)=O. The van der Waals surface area contributed by atoms with Gasteiger partial charge < -0.3 is 10.5 Å². The summed E-state index contributed by atoms with van der Waals surface area (Å²) >= 11 is 3.37. The number of halogens is 1. The maximum absolute atomic E-state index is 11.9. The van der Waals surface area contributed by atoms with Crippen LogP contribution in [0, 0.1) is 0 Å². The molecule has 0 aliphatic rings. The minimum Gasteiger partial charge on any atom is -0.494 e. The first-order valence-corrected chi connectivity index (χ1v) is 8.67. The molecule has 0 fully saturated rings. The number of hydrogen-bond donors (Lipinski definition) is 1. The lowest BCUT2D eigenvalue weighted by Crippen LogP contribution is -2.42. The Hall–Kier alpha value is -0.590. The van der Waals surface area contributed by atoms with Crippen molar-refractivity contribution in [3.63, 3.8) is 0 Å². The summed E-state index contributed by atoms with van der Waals surface area (Å²) in [6.07, 6.45) is 1.20. The van der Waals surface area contributed by atoms with E-state index in [0.717, 1.165) is 4.47 Å². The zero-order valence-corrected chi connectivity index (χ0v) is 14.0. The Labute approximate surface area is 123 Å². The zero-order chi connectivity index (χ0) is 14.8.